The van der Waals surface area contributed by atoms with Crippen molar-refractivity contribution < 1.29 is 14.3 Å². The molecule has 0 radical (unpaired) electrons. The second-order valence-electron chi connectivity index (χ2n) is 6.04. The maximum absolute atomic E-state index is 12.2. The molecule has 0 saturated heterocycles. The highest BCUT2D eigenvalue weighted by Gasteiger charge is 2.14. The summed E-state index contributed by atoms with van der Waals surface area (Å²) in [6.07, 6.45) is 0.221. The Kier molecular flexibility index (Phi) is 6.17. The summed E-state index contributed by atoms with van der Waals surface area (Å²) in [6, 6.07) is 13.1. The minimum absolute atomic E-state index is 0.0813. The largest absolute Gasteiger partial charge is 0.497 e. The fourth-order valence-electron chi connectivity index (χ4n) is 2.69. The van der Waals surface area contributed by atoms with Gasteiger partial charge in [0.05, 0.1) is 7.11 Å². The number of aryl methyl sites for hydroxylation is 2. The van der Waals surface area contributed by atoms with Crippen molar-refractivity contribution in [3.8, 4) is 5.75 Å². The van der Waals surface area contributed by atoms with Crippen molar-refractivity contribution in [2.75, 3.05) is 23.9 Å². The van der Waals surface area contributed by atoms with E-state index in [0.29, 0.717) is 12.2 Å². The molecule has 0 unspecified atom stereocenters. The van der Waals surface area contributed by atoms with Gasteiger partial charge in [0.1, 0.15) is 5.75 Å². The van der Waals surface area contributed by atoms with Crippen molar-refractivity contribution >= 4 is 23.2 Å². The van der Waals surface area contributed by atoms with E-state index in [1.807, 2.05) is 26.0 Å². The zero-order valence-corrected chi connectivity index (χ0v) is 15.1. The second kappa shape index (κ2) is 8.33. The molecule has 0 spiro atoms. The van der Waals surface area contributed by atoms with Gasteiger partial charge in [-0.05, 0) is 61.4 Å². The third-order valence-corrected chi connectivity index (χ3v) is 3.83. The summed E-state index contributed by atoms with van der Waals surface area (Å²) in [7, 11) is 1.59. The maximum atomic E-state index is 12.2. The Balaban J connectivity index is 2.00. The maximum Gasteiger partial charge on any atom is 0.226 e. The molecule has 0 saturated carbocycles. The smallest absolute Gasteiger partial charge is 0.226 e. The van der Waals surface area contributed by atoms with E-state index in [1.54, 1.807) is 36.3 Å². The summed E-state index contributed by atoms with van der Waals surface area (Å²) in [4.78, 5) is 25.8. The van der Waals surface area contributed by atoms with Gasteiger partial charge in [0.25, 0.3) is 0 Å². The predicted octanol–water partition coefficient (Wildman–Crippen LogP) is 3.69. The molecule has 0 heterocycles. The molecular weight excluding hydrogens is 316 g/mol. The quantitative estimate of drug-likeness (QED) is 0.872. The first-order chi connectivity index (χ1) is 11.9. The van der Waals surface area contributed by atoms with E-state index in [-0.39, 0.29) is 18.2 Å². The van der Waals surface area contributed by atoms with Gasteiger partial charge in [0.2, 0.25) is 11.8 Å². The number of benzene rings is 2. The lowest BCUT2D eigenvalue weighted by Gasteiger charge is -2.22. The molecular formula is C20H24N2O3. The summed E-state index contributed by atoms with van der Waals surface area (Å²) >= 11 is 0. The van der Waals surface area contributed by atoms with Crippen LogP contribution in [0.4, 0.5) is 11.4 Å². The average molecular weight is 340 g/mol. The highest BCUT2D eigenvalue weighted by Crippen LogP contribution is 2.20. The van der Waals surface area contributed by atoms with Crippen molar-refractivity contribution in [3.05, 3.63) is 53.6 Å². The van der Waals surface area contributed by atoms with Gasteiger partial charge in [-0.25, -0.2) is 0 Å². The highest BCUT2D eigenvalue weighted by molar-refractivity contribution is 5.94. The number of carbonyl (C=O) groups is 2. The Bertz CT molecular complexity index is 734. The Labute approximate surface area is 148 Å². The van der Waals surface area contributed by atoms with Gasteiger partial charge in [-0.3, -0.25) is 9.59 Å². The van der Waals surface area contributed by atoms with Crippen molar-refractivity contribution in [1.29, 1.82) is 0 Å². The third-order valence-electron chi connectivity index (χ3n) is 3.83. The summed E-state index contributed by atoms with van der Waals surface area (Å²) in [5.41, 5.74) is 3.70. The van der Waals surface area contributed by atoms with Crippen molar-refractivity contribution in [2.45, 2.75) is 27.2 Å². The zero-order valence-electron chi connectivity index (χ0n) is 15.1. The summed E-state index contributed by atoms with van der Waals surface area (Å²) in [5.74, 6) is 0.513. The van der Waals surface area contributed by atoms with E-state index < -0.39 is 0 Å². The molecule has 5 heteroatoms. The molecule has 2 aromatic rings. The van der Waals surface area contributed by atoms with Crippen molar-refractivity contribution in [3.63, 3.8) is 0 Å². The van der Waals surface area contributed by atoms with Crippen LogP contribution < -0.4 is 15.0 Å². The van der Waals surface area contributed by atoms with E-state index in [1.165, 1.54) is 6.92 Å². The molecule has 132 valence electrons. The van der Waals surface area contributed by atoms with Gasteiger partial charge in [-0.2, -0.15) is 0 Å². The van der Waals surface area contributed by atoms with Crippen LogP contribution in [0.25, 0.3) is 0 Å². The fraction of sp³-hybridized carbons (Fsp3) is 0.300. The first kappa shape index (κ1) is 18.5. The second-order valence-corrected chi connectivity index (χ2v) is 6.04. The Morgan fingerprint density at radius 3 is 2.16 bits per heavy atom. The van der Waals surface area contributed by atoms with Crippen molar-refractivity contribution in [1.82, 2.24) is 0 Å². The van der Waals surface area contributed by atoms with Crippen LogP contribution in [0.5, 0.6) is 5.75 Å². The topological polar surface area (TPSA) is 58.6 Å². The Morgan fingerprint density at radius 1 is 1.04 bits per heavy atom. The van der Waals surface area contributed by atoms with Gasteiger partial charge >= 0.3 is 0 Å². The van der Waals surface area contributed by atoms with Crippen LogP contribution in [0.15, 0.2) is 42.5 Å². The fourth-order valence-corrected chi connectivity index (χ4v) is 2.69. The van der Waals surface area contributed by atoms with Crippen LogP contribution in [0.2, 0.25) is 0 Å². The van der Waals surface area contributed by atoms with Gasteiger partial charge in [-0.15, -0.1) is 0 Å². The van der Waals surface area contributed by atoms with E-state index >= 15 is 0 Å². The zero-order chi connectivity index (χ0) is 18.4. The lowest BCUT2D eigenvalue weighted by molar-refractivity contribution is -0.117. The molecule has 0 aliphatic carbocycles. The number of amides is 2. The van der Waals surface area contributed by atoms with Crippen LogP contribution in [-0.4, -0.2) is 25.5 Å². The van der Waals surface area contributed by atoms with Crippen LogP contribution in [-0.2, 0) is 9.59 Å². The number of carbonyl (C=O) groups excluding carboxylic acids is 2. The van der Waals surface area contributed by atoms with Gasteiger partial charge in [0.15, 0.2) is 0 Å². The lowest BCUT2D eigenvalue weighted by atomic mass is 10.1. The van der Waals surface area contributed by atoms with Crippen LogP contribution >= 0.6 is 0 Å². The Hall–Kier alpha value is -2.82. The number of anilines is 2. The van der Waals surface area contributed by atoms with Gasteiger partial charge in [-0.1, -0.05) is 6.07 Å². The number of nitrogens with zero attached hydrogens (tertiary/aromatic N) is 1. The normalized spacial score (nSPS) is 10.2. The molecule has 0 aromatic heterocycles. The van der Waals surface area contributed by atoms with Gasteiger partial charge < -0.3 is 15.0 Å². The summed E-state index contributed by atoms with van der Waals surface area (Å²) < 4.78 is 5.09. The molecule has 2 rings (SSSR count). The van der Waals surface area contributed by atoms with E-state index in [0.717, 1.165) is 22.6 Å². The predicted molar refractivity (Wildman–Crippen MR) is 100 cm³/mol. The number of hydrogen-bond donors (Lipinski definition) is 1. The Morgan fingerprint density at radius 2 is 1.64 bits per heavy atom. The van der Waals surface area contributed by atoms with E-state index in [2.05, 4.69) is 11.4 Å². The van der Waals surface area contributed by atoms with Gasteiger partial charge in [0, 0.05) is 31.3 Å². The lowest BCUT2D eigenvalue weighted by Crippen LogP contribution is -2.32. The standard InChI is InChI=1S/C20H24N2O3/c1-14-11-15(2)13-18(12-14)22(16(3)23)10-9-20(24)21-17-5-7-19(25-4)8-6-17/h5-8,11-13H,9-10H2,1-4H3,(H,21,24). The first-order valence-corrected chi connectivity index (χ1v) is 8.19. The summed E-state index contributed by atoms with van der Waals surface area (Å²) in [5, 5.41) is 2.83. The molecule has 2 aromatic carbocycles. The molecule has 25 heavy (non-hydrogen) atoms. The first-order valence-electron chi connectivity index (χ1n) is 8.19. The van der Waals surface area contributed by atoms with E-state index in [9.17, 15) is 9.59 Å². The average Bonchev–Trinajstić information content (AvgIpc) is 2.54. The molecule has 0 aliphatic heterocycles. The number of hydrogen-bond acceptors (Lipinski definition) is 3. The minimum Gasteiger partial charge on any atom is -0.497 e. The van der Waals surface area contributed by atoms with E-state index in [4.69, 9.17) is 4.74 Å². The molecule has 0 atom stereocenters. The van der Waals surface area contributed by atoms with Crippen LogP contribution in [0.3, 0.4) is 0 Å². The number of rotatable bonds is 6. The number of nitrogens with one attached hydrogen (secondary N) is 1. The van der Waals surface area contributed by atoms with Crippen LogP contribution in [0.1, 0.15) is 24.5 Å². The van der Waals surface area contributed by atoms with Crippen LogP contribution in [0, 0.1) is 13.8 Å². The van der Waals surface area contributed by atoms with Crippen molar-refractivity contribution in [2.24, 2.45) is 0 Å². The molecule has 0 fully saturated rings. The molecule has 2 amide bonds. The monoisotopic (exact) mass is 340 g/mol. The highest BCUT2D eigenvalue weighted by atomic mass is 16.5. The molecule has 5 nitrogen and oxygen atoms in total. The number of methoxy groups -OCH3 is 1. The summed E-state index contributed by atoms with van der Waals surface area (Å²) in [6.45, 7) is 5.83. The molecule has 1 N–H and O–H groups in total. The number of ether oxygens (including phenoxy) is 1. The third kappa shape index (κ3) is 5.35. The SMILES string of the molecule is COc1ccc(NC(=O)CCN(C(C)=O)c2cc(C)cc(C)c2)cc1. The minimum atomic E-state index is -0.138. The molecule has 0 aliphatic rings. The molecule has 0 bridgehead atoms.